The molecule has 3 nitrogen and oxygen atoms in total. The van der Waals surface area contributed by atoms with Gasteiger partial charge in [0.2, 0.25) is 0 Å². The molecule has 0 unspecified atom stereocenters. The van der Waals surface area contributed by atoms with Gasteiger partial charge in [0, 0.05) is 10.6 Å². The fraction of sp³-hybridized carbons (Fsp3) is 0.118. The normalized spacial score (nSPS) is 13.6. The molecular formula is C17H10ClF3O3. The van der Waals surface area contributed by atoms with Gasteiger partial charge in [-0.05, 0) is 42.5 Å². The molecule has 7 heteroatoms. The Morgan fingerprint density at radius 3 is 2.71 bits per heavy atom. The number of esters is 1. The molecule has 0 N–H and O–H groups in total. The Balaban J connectivity index is 1.81. The highest BCUT2D eigenvalue weighted by Crippen LogP contribution is 2.32. The smallest absolute Gasteiger partial charge is 0.416 e. The molecule has 24 heavy (non-hydrogen) atoms. The molecule has 0 aromatic heterocycles. The topological polar surface area (TPSA) is 35.5 Å². The summed E-state index contributed by atoms with van der Waals surface area (Å²) < 4.78 is 48.5. The highest BCUT2D eigenvalue weighted by atomic mass is 35.5. The zero-order valence-electron chi connectivity index (χ0n) is 12.1. The summed E-state index contributed by atoms with van der Waals surface area (Å²) in [6, 6.07) is 9.07. The second kappa shape index (κ2) is 6.20. The van der Waals surface area contributed by atoms with E-state index in [0.717, 1.165) is 12.1 Å². The summed E-state index contributed by atoms with van der Waals surface area (Å²) in [6.45, 7) is -0.0353. The zero-order chi connectivity index (χ0) is 17.3. The Morgan fingerprint density at radius 2 is 1.96 bits per heavy atom. The van der Waals surface area contributed by atoms with E-state index in [1.165, 1.54) is 12.1 Å². The number of carbonyl (C=O) groups excluding carboxylic acids is 1. The second-order valence-electron chi connectivity index (χ2n) is 5.06. The fourth-order valence-electron chi connectivity index (χ4n) is 2.17. The first-order valence-electron chi connectivity index (χ1n) is 6.85. The number of hydrogen-bond donors (Lipinski definition) is 0. The van der Waals surface area contributed by atoms with Crippen LogP contribution in [0, 0.1) is 0 Å². The molecular weight excluding hydrogens is 345 g/mol. The number of hydrogen-bond acceptors (Lipinski definition) is 3. The van der Waals surface area contributed by atoms with Crippen LogP contribution in [0.4, 0.5) is 13.2 Å². The summed E-state index contributed by atoms with van der Waals surface area (Å²) in [6.07, 6.45) is -2.97. The molecule has 1 aliphatic heterocycles. The van der Waals surface area contributed by atoms with Crippen LogP contribution in [-0.4, -0.2) is 12.6 Å². The van der Waals surface area contributed by atoms with E-state index in [1.54, 1.807) is 24.3 Å². The van der Waals surface area contributed by atoms with Gasteiger partial charge in [-0.1, -0.05) is 17.7 Å². The zero-order valence-corrected chi connectivity index (χ0v) is 12.8. The summed E-state index contributed by atoms with van der Waals surface area (Å²) in [7, 11) is 0. The van der Waals surface area contributed by atoms with Crippen molar-refractivity contribution in [3.63, 3.8) is 0 Å². The van der Waals surface area contributed by atoms with E-state index in [1.807, 2.05) is 0 Å². The van der Waals surface area contributed by atoms with Gasteiger partial charge in [0.15, 0.2) is 0 Å². The minimum Gasteiger partial charge on any atom is -0.488 e. The van der Waals surface area contributed by atoms with Crippen LogP contribution in [0.2, 0.25) is 5.02 Å². The van der Waals surface area contributed by atoms with Gasteiger partial charge < -0.3 is 9.47 Å². The van der Waals surface area contributed by atoms with Crippen molar-refractivity contribution in [1.29, 1.82) is 0 Å². The van der Waals surface area contributed by atoms with Gasteiger partial charge in [-0.25, -0.2) is 4.79 Å². The third-order valence-electron chi connectivity index (χ3n) is 3.32. The highest BCUT2D eigenvalue weighted by molar-refractivity contribution is 6.30. The van der Waals surface area contributed by atoms with Crippen molar-refractivity contribution in [1.82, 2.24) is 0 Å². The lowest BCUT2D eigenvalue weighted by Crippen LogP contribution is -2.19. The Labute approximate surface area is 140 Å². The molecule has 2 aromatic rings. The second-order valence-corrected chi connectivity index (χ2v) is 5.49. The Bertz CT molecular complexity index is 828. The van der Waals surface area contributed by atoms with Gasteiger partial charge in [-0.15, -0.1) is 0 Å². The number of benzene rings is 2. The van der Waals surface area contributed by atoms with Crippen LogP contribution < -0.4 is 9.47 Å². The molecule has 1 heterocycles. The number of alkyl halides is 3. The van der Waals surface area contributed by atoms with Gasteiger partial charge in [-0.3, -0.25) is 0 Å². The van der Waals surface area contributed by atoms with Gasteiger partial charge >= 0.3 is 12.1 Å². The van der Waals surface area contributed by atoms with E-state index in [4.69, 9.17) is 21.1 Å². The minimum atomic E-state index is -4.51. The van der Waals surface area contributed by atoms with Crippen LogP contribution in [0.5, 0.6) is 11.5 Å². The van der Waals surface area contributed by atoms with E-state index in [-0.39, 0.29) is 17.9 Å². The lowest BCUT2D eigenvalue weighted by atomic mass is 10.1. The number of rotatable bonds is 2. The van der Waals surface area contributed by atoms with Crippen molar-refractivity contribution in [3.05, 3.63) is 64.2 Å². The van der Waals surface area contributed by atoms with Crippen LogP contribution in [0.3, 0.4) is 0 Å². The van der Waals surface area contributed by atoms with E-state index in [0.29, 0.717) is 16.3 Å². The predicted octanol–water partition coefficient (Wildman–Crippen LogP) is 4.74. The first-order chi connectivity index (χ1) is 11.3. The fourth-order valence-corrected chi connectivity index (χ4v) is 2.36. The van der Waals surface area contributed by atoms with Crippen molar-refractivity contribution in [2.24, 2.45) is 0 Å². The molecule has 0 fully saturated rings. The van der Waals surface area contributed by atoms with Crippen LogP contribution in [0.15, 0.2) is 48.0 Å². The quantitative estimate of drug-likeness (QED) is 0.577. The lowest BCUT2D eigenvalue weighted by Gasteiger charge is -2.17. The summed E-state index contributed by atoms with van der Waals surface area (Å²) in [5, 5.41) is 0.473. The van der Waals surface area contributed by atoms with Crippen LogP contribution >= 0.6 is 11.6 Å². The van der Waals surface area contributed by atoms with E-state index in [2.05, 4.69) is 0 Å². The molecule has 0 amide bonds. The summed E-state index contributed by atoms with van der Waals surface area (Å²) in [5.74, 6) is -0.400. The van der Waals surface area contributed by atoms with Crippen LogP contribution in [0.25, 0.3) is 6.08 Å². The maximum atomic E-state index is 12.7. The molecule has 0 atom stereocenters. The summed E-state index contributed by atoms with van der Waals surface area (Å²) >= 11 is 5.89. The first kappa shape index (κ1) is 16.4. The number of carbonyl (C=O) groups is 1. The first-order valence-corrected chi connectivity index (χ1v) is 7.23. The molecule has 0 aliphatic carbocycles. The third kappa shape index (κ3) is 3.54. The van der Waals surface area contributed by atoms with E-state index >= 15 is 0 Å². The number of ether oxygens (including phenoxy) is 2. The third-order valence-corrected chi connectivity index (χ3v) is 3.55. The maximum absolute atomic E-state index is 12.7. The average molecular weight is 355 g/mol. The molecule has 0 radical (unpaired) electrons. The van der Waals surface area contributed by atoms with Crippen molar-refractivity contribution < 1.29 is 27.4 Å². The molecule has 0 spiro atoms. The Kier molecular flexibility index (Phi) is 4.24. The standard InChI is InChI=1S/C17H10ClF3O3/c18-13-4-5-15-10(7-13)6-11(9-23-15)16(22)24-14-3-1-2-12(8-14)17(19,20)21/h1-8H,9H2. The highest BCUT2D eigenvalue weighted by Gasteiger charge is 2.31. The van der Waals surface area contributed by atoms with Crippen molar-refractivity contribution in [2.75, 3.05) is 6.61 Å². The molecule has 1 aliphatic rings. The molecule has 0 saturated heterocycles. The van der Waals surface area contributed by atoms with Gasteiger partial charge in [0.05, 0.1) is 11.1 Å². The Hall–Kier alpha value is -2.47. The molecule has 0 bridgehead atoms. The van der Waals surface area contributed by atoms with Crippen molar-refractivity contribution in [2.45, 2.75) is 6.18 Å². The van der Waals surface area contributed by atoms with Crippen LogP contribution in [-0.2, 0) is 11.0 Å². The van der Waals surface area contributed by atoms with Gasteiger partial charge in [-0.2, -0.15) is 13.2 Å². The average Bonchev–Trinajstić information content (AvgIpc) is 2.53. The largest absolute Gasteiger partial charge is 0.488 e. The molecule has 3 rings (SSSR count). The molecule has 124 valence electrons. The van der Waals surface area contributed by atoms with E-state index in [9.17, 15) is 18.0 Å². The van der Waals surface area contributed by atoms with Crippen LogP contribution in [0.1, 0.15) is 11.1 Å². The van der Waals surface area contributed by atoms with Gasteiger partial charge in [0.25, 0.3) is 0 Å². The lowest BCUT2D eigenvalue weighted by molar-refractivity contribution is -0.138. The predicted molar refractivity (Wildman–Crippen MR) is 82.0 cm³/mol. The number of fused-ring (bicyclic) bond motifs is 1. The molecule has 2 aromatic carbocycles. The Morgan fingerprint density at radius 1 is 1.17 bits per heavy atom. The minimum absolute atomic E-state index is 0.0353. The van der Waals surface area contributed by atoms with Crippen molar-refractivity contribution >= 4 is 23.6 Å². The van der Waals surface area contributed by atoms with Crippen molar-refractivity contribution in [3.8, 4) is 11.5 Å². The molecule has 0 saturated carbocycles. The summed E-state index contributed by atoms with van der Waals surface area (Å²) in [4.78, 5) is 12.1. The monoisotopic (exact) mass is 354 g/mol. The van der Waals surface area contributed by atoms with Gasteiger partial charge in [0.1, 0.15) is 18.1 Å². The number of halogens is 4. The maximum Gasteiger partial charge on any atom is 0.416 e. The summed E-state index contributed by atoms with van der Waals surface area (Å²) in [5.41, 5.74) is -0.106. The van der Waals surface area contributed by atoms with E-state index < -0.39 is 17.7 Å². The SMILES string of the molecule is O=C(Oc1cccc(C(F)(F)F)c1)C1=Cc2cc(Cl)ccc2OC1.